The van der Waals surface area contributed by atoms with Crippen molar-refractivity contribution in [3.05, 3.63) is 23.0 Å². The molecule has 1 saturated heterocycles. The number of nitrogens with one attached hydrogen (secondary N) is 1. The zero-order valence-electron chi connectivity index (χ0n) is 13.1. The van der Waals surface area contributed by atoms with Crippen molar-refractivity contribution in [2.45, 2.75) is 32.1 Å². The highest BCUT2D eigenvalue weighted by Gasteiger charge is 2.38. The summed E-state index contributed by atoms with van der Waals surface area (Å²) in [6.07, 6.45) is 3.52. The summed E-state index contributed by atoms with van der Waals surface area (Å²) >= 11 is 0. The number of phenolic OH excluding ortho intramolecular Hbond substituents is 1. The summed E-state index contributed by atoms with van der Waals surface area (Å²) in [7, 11) is -4.17. The van der Waals surface area contributed by atoms with Crippen LogP contribution in [0.5, 0.6) is 5.75 Å². The first-order valence-corrected chi connectivity index (χ1v) is 9.34. The number of nitrogens with two attached hydrogens (primary N) is 1. The Morgan fingerprint density at radius 2 is 2.08 bits per heavy atom. The maximum atomic E-state index is 15.0. The van der Waals surface area contributed by atoms with Crippen molar-refractivity contribution in [3.8, 4) is 5.75 Å². The summed E-state index contributed by atoms with van der Waals surface area (Å²) in [5, 5.41) is 10.2. The molecule has 0 radical (unpaired) electrons. The van der Waals surface area contributed by atoms with Crippen molar-refractivity contribution in [2.75, 3.05) is 17.4 Å². The lowest BCUT2D eigenvalue weighted by Crippen LogP contribution is -2.30. The summed E-state index contributed by atoms with van der Waals surface area (Å²) < 4.78 is 41.3. The smallest absolute Gasteiger partial charge is 0.326 e. The average molecular weight is 357 g/mol. The Labute approximate surface area is 139 Å². The molecule has 2 aliphatic rings. The van der Waals surface area contributed by atoms with Crippen molar-refractivity contribution in [2.24, 2.45) is 11.7 Å². The van der Waals surface area contributed by atoms with Gasteiger partial charge in [-0.25, -0.2) is 13.4 Å². The molecule has 1 heterocycles. The van der Waals surface area contributed by atoms with Crippen LogP contribution in [0.4, 0.5) is 10.1 Å². The van der Waals surface area contributed by atoms with Crippen LogP contribution in [0.1, 0.15) is 30.4 Å². The number of hydrogen-bond donors (Lipinski definition) is 3. The lowest BCUT2D eigenvalue weighted by Gasteiger charge is -2.20. The number of nitrogens with zero attached hydrogens (tertiary/aromatic N) is 1. The second-order valence-corrected chi connectivity index (χ2v) is 7.85. The van der Waals surface area contributed by atoms with Gasteiger partial charge >= 0.3 is 10.2 Å². The Balaban J connectivity index is 2.02. The predicted octanol–water partition coefficient (Wildman–Crippen LogP) is 0.556. The van der Waals surface area contributed by atoms with E-state index < -0.39 is 39.9 Å². The summed E-state index contributed by atoms with van der Waals surface area (Å²) in [5.41, 5.74) is 6.24. The molecule has 0 bridgehead atoms. The molecule has 0 saturated carbocycles. The van der Waals surface area contributed by atoms with Gasteiger partial charge in [-0.15, -0.1) is 0 Å². The standard InChI is InChI=1S/C15H20FN3O4S/c16-14-11-4-2-9(5-6-17)1-3-10(11)7-12(20)15(14)19-8-13(21)18-24(19,22)23/h7,9,20H,1-6,8,17H2,(H,18,21). The topological polar surface area (TPSA) is 113 Å². The molecule has 1 aliphatic heterocycles. The molecule has 3 rings (SSSR count). The van der Waals surface area contributed by atoms with Gasteiger partial charge in [-0.3, -0.25) is 4.79 Å². The molecule has 4 N–H and O–H groups in total. The van der Waals surface area contributed by atoms with E-state index in [1.807, 2.05) is 0 Å². The van der Waals surface area contributed by atoms with Crippen LogP contribution in [0.15, 0.2) is 6.07 Å². The Kier molecular flexibility index (Phi) is 4.39. The van der Waals surface area contributed by atoms with E-state index >= 15 is 4.39 Å². The normalized spacial score (nSPS) is 22.8. The number of carbonyl (C=O) groups excluding carboxylic acids is 1. The van der Waals surface area contributed by atoms with E-state index in [2.05, 4.69) is 0 Å². The van der Waals surface area contributed by atoms with Crippen LogP contribution in [-0.2, 0) is 27.8 Å². The molecule has 1 aromatic carbocycles. The number of benzene rings is 1. The first kappa shape index (κ1) is 17.0. The highest BCUT2D eigenvalue weighted by atomic mass is 32.2. The van der Waals surface area contributed by atoms with Gasteiger partial charge in [-0.05, 0) is 61.8 Å². The fourth-order valence-electron chi connectivity index (χ4n) is 3.47. The quantitative estimate of drug-likeness (QED) is 0.684. The van der Waals surface area contributed by atoms with Crippen LogP contribution in [0.25, 0.3) is 0 Å². The van der Waals surface area contributed by atoms with Crippen molar-refractivity contribution < 1.29 is 22.7 Å². The lowest BCUT2D eigenvalue weighted by molar-refractivity contribution is -0.117. The molecular weight excluding hydrogens is 337 g/mol. The summed E-state index contributed by atoms with van der Waals surface area (Å²) in [6.45, 7) is 0.0290. The number of halogens is 1. The van der Waals surface area contributed by atoms with Gasteiger partial charge in [0.05, 0.1) is 0 Å². The van der Waals surface area contributed by atoms with E-state index in [9.17, 15) is 18.3 Å². The van der Waals surface area contributed by atoms with Gasteiger partial charge in [-0.2, -0.15) is 8.42 Å². The van der Waals surface area contributed by atoms with E-state index in [4.69, 9.17) is 5.73 Å². The zero-order valence-corrected chi connectivity index (χ0v) is 13.9. The van der Waals surface area contributed by atoms with Crippen LogP contribution in [0, 0.1) is 11.7 Å². The number of hydrogen-bond acceptors (Lipinski definition) is 5. The predicted molar refractivity (Wildman–Crippen MR) is 86.3 cm³/mol. The third-order valence-electron chi connectivity index (χ3n) is 4.68. The van der Waals surface area contributed by atoms with E-state index in [1.54, 1.807) is 4.72 Å². The molecule has 9 heteroatoms. The second-order valence-electron chi connectivity index (χ2n) is 6.25. The van der Waals surface area contributed by atoms with Gasteiger partial charge in [0.2, 0.25) is 0 Å². The number of fused-ring (bicyclic) bond motifs is 1. The van der Waals surface area contributed by atoms with E-state index in [1.165, 1.54) is 6.07 Å². The number of rotatable bonds is 3. The summed E-state index contributed by atoms with van der Waals surface area (Å²) in [4.78, 5) is 11.4. The summed E-state index contributed by atoms with van der Waals surface area (Å²) in [5.74, 6) is -1.61. The van der Waals surface area contributed by atoms with Crippen LogP contribution < -0.4 is 14.8 Å². The number of anilines is 1. The SMILES string of the molecule is NCCC1CCc2cc(O)c(N3CC(=O)NS3(=O)=O)c(F)c2CC1. The molecule has 0 spiro atoms. The van der Waals surface area contributed by atoms with E-state index in [0.717, 1.165) is 19.3 Å². The fourth-order valence-corrected chi connectivity index (χ4v) is 4.63. The van der Waals surface area contributed by atoms with E-state index in [-0.39, 0.29) is 0 Å². The largest absolute Gasteiger partial charge is 0.506 e. The average Bonchev–Trinajstić information content (AvgIpc) is 2.66. The van der Waals surface area contributed by atoms with Gasteiger partial charge in [0, 0.05) is 0 Å². The molecule has 1 atom stereocenters. The van der Waals surface area contributed by atoms with Gasteiger partial charge in [-0.1, -0.05) is 0 Å². The van der Waals surface area contributed by atoms with Crippen molar-refractivity contribution in [1.82, 2.24) is 4.72 Å². The Hall–Kier alpha value is -1.87. The molecule has 1 aliphatic carbocycles. The minimum absolute atomic E-state index is 0.381. The third kappa shape index (κ3) is 2.93. The maximum Gasteiger partial charge on any atom is 0.326 e. The van der Waals surface area contributed by atoms with Gasteiger partial charge in [0.1, 0.15) is 18.0 Å². The van der Waals surface area contributed by atoms with E-state index in [0.29, 0.717) is 40.7 Å². The molecule has 1 aromatic rings. The Bertz CT molecular complexity index is 781. The van der Waals surface area contributed by atoms with Crippen LogP contribution in [0.2, 0.25) is 0 Å². The van der Waals surface area contributed by atoms with Crippen molar-refractivity contribution in [3.63, 3.8) is 0 Å². The number of aromatic hydroxyl groups is 1. The fraction of sp³-hybridized carbons (Fsp3) is 0.533. The van der Waals surface area contributed by atoms with Crippen molar-refractivity contribution >= 4 is 21.8 Å². The zero-order chi connectivity index (χ0) is 17.5. The molecule has 0 aromatic heterocycles. The number of amides is 1. The minimum atomic E-state index is -4.17. The first-order valence-electron chi connectivity index (χ1n) is 7.90. The third-order valence-corrected chi connectivity index (χ3v) is 6.06. The summed E-state index contributed by atoms with van der Waals surface area (Å²) in [6, 6.07) is 1.41. The number of phenols is 1. The molecule has 1 unspecified atom stereocenters. The van der Waals surface area contributed by atoms with Crippen molar-refractivity contribution in [1.29, 1.82) is 0 Å². The number of carbonyl (C=O) groups is 1. The minimum Gasteiger partial charge on any atom is -0.506 e. The molecule has 132 valence electrons. The second kappa shape index (κ2) is 6.21. The first-order chi connectivity index (χ1) is 11.3. The Morgan fingerprint density at radius 1 is 1.38 bits per heavy atom. The molecule has 1 fully saturated rings. The van der Waals surface area contributed by atoms with Crippen LogP contribution in [-0.4, -0.2) is 32.5 Å². The lowest BCUT2D eigenvalue weighted by atomic mass is 9.96. The van der Waals surface area contributed by atoms with Crippen LogP contribution >= 0.6 is 0 Å². The molecule has 1 amide bonds. The Morgan fingerprint density at radius 3 is 2.71 bits per heavy atom. The van der Waals surface area contributed by atoms with Gasteiger partial charge in [0.25, 0.3) is 5.91 Å². The van der Waals surface area contributed by atoms with Crippen LogP contribution in [0.3, 0.4) is 0 Å². The maximum absolute atomic E-state index is 15.0. The molecule has 7 nitrogen and oxygen atoms in total. The molecule has 24 heavy (non-hydrogen) atoms. The van der Waals surface area contributed by atoms with Gasteiger partial charge in [0.15, 0.2) is 5.82 Å². The highest BCUT2D eigenvalue weighted by Crippen LogP contribution is 2.40. The monoisotopic (exact) mass is 357 g/mol. The van der Waals surface area contributed by atoms with Gasteiger partial charge < -0.3 is 10.8 Å². The highest BCUT2D eigenvalue weighted by molar-refractivity contribution is 7.92. The number of aryl methyl sites for hydroxylation is 1. The molecular formula is C15H20FN3O4S.